The van der Waals surface area contributed by atoms with E-state index >= 15 is 0 Å². The first kappa shape index (κ1) is 8.57. The minimum absolute atomic E-state index is 0.366. The van der Waals surface area contributed by atoms with E-state index in [1.165, 1.54) is 11.1 Å². The van der Waals surface area contributed by atoms with Crippen molar-refractivity contribution in [3.05, 3.63) is 29.3 Å². The summed E-state index contributed by atoms with van der Waals surface area (Å²) in [4.78, 5) is 0. The fourth-order valence-electron chi connectivity index (χ4n) is 1.97. The maximum absolute atomic E-state index is 9.29. The summed E-state index contributed by atoms with van der Waals surface area (Å²) in [5, 5.41) is 12.7. The van der Waals surface area contributed by atoms with Gasteiger partial charge in [-0.2, -0.15) is 0 Å². The molecule has 0 bridgehead atoms. The Morgan fingerprint density at radius 3 is 2.92 bits per heavy atom. The molecule has 1 aromatic carbocycles. The normalized spacial score (nSPS) is 20.7. The first-order valence-electron chi connectivity index (χ1n) is 4.73. The Morgan fingerprint density at radius 2 is 2.23 bits per heavy atom. The van der Waals surface area contributed by atoms with Gasteiger partial charge >= 0.3 is 0 Å². The Morgan fingerprint density at radius 1 is 1.46 bits per heavy atom. The number of hydrogen-bond donors (Lipinski definition) is 2. The average molecular weight is 177 g/mol. The third kappa shape index (κ3) is 1.42. The average Bonchev–Trinajstić information content (AvgIpc) is 2.46. The summed E-state index contributed by atoms with van der Waals surface area (Å²) in [7, 11) is 0. The maximum atomic E-state index is 9.29. The van der Waals surface area contributed by atoms with E-state index in [1.807, 2.05) is 12.1 Å². The molecule has 2 nitrogen and oxygen atoms in total. The van der Waals surface area contributed by atoms with Crippen LogP contribution in [0.4, 0.5) is 0 Å². The third-order valence-corrected chi connectivity index (χ3v) is 2.64. The molecule has 1 unspecified atom stereocenters. The van der Waals surface area contributed by atoms with Crippen molar-refractivity contribution in [1.29, 1.82) is 0 Å². The fourth-order valence-corrected chi connectivity index (χ4v) is 1.97. The predicted octanol–water partition coefficient (Wildman–Crippen LogP) is 2.19. The molecule has 0 saturated carbocycles. The quantitative estimate of drug-likeness (QED) is 0.689. The number of rotatable bonds is 1. The van der Waals surface area contributed by atoms with Crippen LogP contribution in [0.25, 0.3) is 0 Å². The largest absolute Gasteiger partial charge is 0.508 e. The number of nitrogens with one attached hydrogen (secondary N) is 1. The molecule has 1 aromatic rings. The van der Waals surface area contributed by atoms with E-state index in [2.05, 4.69) is 19.2 Å². The molecule has 0 aromatic heterocycles. The van der Waals surface area contributed by atoms with Crippen LogP contribution in [0, 0.1) is 5.92 Å². The Bertz CT molecular complexity index is 320. The molecule has 1 aliphatic rings. The molecule has 2 rings (SSSR count). The first-order chi connectivity index (χ1) is 6.18. The second kappa shape index (κ2) is 3.04. The van der Waals surface area contributed by atoms with Crippen molar-refractivity contribution in [3.63, 3.8) is 0 Å². The van der Waals surface area contributed by atoms with Gasteiger partial charge in [0.2, 0.25) is 0 Å². The van der Waals surface area contributed by atoms with E-state index in [1.54, 1.807) is 6.07 Å². The summed E-state index contributed by atoms with van der Waals surface area (Å²) < 4.78 is 0. The zero-order valence-corrected chi connectivity index (χ0v) is 8.04. The Hall–Kier alpha value is -1.02. The van der Waals surface area contributed by atoms with Crippen LogP contribution in [-0.4, -0.2) is 5.11 Å². The molecule has 1 heterocycles. The van der Waals surface area contributed by atoms with Crippen LogP contribution in [0.5, 0.6) is 5.75 Å². The summed E-state index contributed by atoms with van der Waals surface area (Å²) in [5.41, 5.74) is 2.58. The van der Waals surface area contributed by atoms with Gasteiger partial charge in [-0.25, -0.2) is 0 Å². The van der Waals surface area contributed by atoms with Crippen molar-refractivity contribution in [2.45, 2.75) is 26.4 Å². The van der Waals surface area contributed by atoms with Gasteiger partial charge in [0.15, 0.2) is 0 Å². The number of phenols is 1. The van der Waals surface area contributed by atoms with Gasteiger partial charge in [-0.05, 0) is 29.2 Å². The molecule has 0 aliphatic carbocycles. The van der Waals surface area contributed by atoms with Crippen molar-refractivity contribution in [3.8, 4) is 5.75 Å². The van der Waals surface area contributed by atoms with E-state index in [0.29, 0.717) is 17.7 Å². The standard InChI is InChI=1S/C11H15NO/c1-7(2)11-10-4-3-9(13)5-8(10)6-12-11/h3-5,7,11-13H,6H2,1-2H3. The van der Waals surface area contributed by atoms with Crippen molar-refractivity contribution < 1.29 is 5.11 Å². The van der Waals surface area contributed by atoms with Gasteiger partial charge in [-0.3, -0.25) is 0 Å². The lowest BCUT2D eigenvalue weighted by atomic mass is 9.96. The van der Waals surface area contributed by atoms with E-state index < -0.39 is 0 Å². The molecule has 2 N–H and O–H groups in total. The number of benzene rings is 1. The highest BCUT2D eigenvalue weighted by Crippen LogP contribution is 2.32. The number of phenolic OH excluding ortho intramolecular Hbond substituents is 1. The van der Waals surface area contributed by atoms with Gasteiger partial charge in [0.25, 0.3) is 0 Å². The van der Waals surface area contributed by atoms with Gasteiger partial charge in [0.1, 0.15) is 5.75 Å². The van der Waals surface area contributed by atoms with E-state index in [0.717, 1.165) is 6.54 Å². The minimum Gasteiger partial charge on any atom is -0.508 e. The summed E-state index contributed by atoms with van der Waals surface area (Å²) in [6.07, 6.45) is 0. The van der Waals surface area contributed by atoms with E-state index in [9.17, 15) is 5.11 Å². The lowest BCUT2D eigenvalue weighted by Crippen LogP contribution is -2.17. The second-order valence-corrected chi connectivity index (χ2v) is 3.99. The highest BCUT2D eigenvalue weighted by atomic mass is 16.3. The van der Waals surface area contributed by atoms with Crippen molar-refractivity contribution in [2.75, 3.05) is 0 Å². The molecule has 0 fully saturated rings. The molecule has 0 saturated heterocycles. The van der Waals surface area contributed by atoms with Crippen molar-refractivity contribution in [2.24, 2.45) is 5.92 Å². The van der Waals surface area contributed by atoms with Crippen LogP contribution < -0.4 is 5.32 Å². The van der Waals surface area contributed by atoms with Crippen molar-refractivity contribution >= 4 is 0 Å². The van der Waals surface area contributed by atoms with Crippen molar-refractivity contribution in [1.82, 2.24) is 5.32 Å². The molecule has 1 aliphatic heterocycles. The van der Waals surface area contributed by atoms with Gasteiger partial charge in [-0.1, -0.05) is 19.9 Å². The Labute approximate surface area is 78.6 Å². The summed E-state index contributed by atoms with van der Waals surface area (Å²) in [5.74, 6) is 0.968. The van der Waals surface area contributed by atoms with Crippen LogP contribution in [0.15, 0.2) is 18.2 Å². The maximum Gasteiger partial charge on any atom is 0.115 e. The number of hydrogen-bond acceptors (Lipinski definition) is 2. The van der Waals surface area contributed by atoms with E-state index in [-0.39, 0.29) is 0 Å². The zero-order valence-electron chi connectivity index (χ0n) is 8.04. The number of aromatic hydroxyl groups is 1. The van der Waals surface area contributed by atoms with Crippen LogP contribution in [-0.2, 0) is 6.54 Å². The molecule has 13 heavy (non-hydrogen) atoms. The summed E-state index contributed by atoms with van der Waals surface area (Å²) in [6.45, 7) is 5.30. The highest BCUT2D eigenvalue weighted by molar-refractivity contribution is 5.39. The van der Waals surface area contributed by atoms with Crippen LogP contribution in [0.2, 0.25) is 0 Å². The monoisotopic (exact) mass is 177 g/mol. The van der Waals surface area contributed by atoms with Gasteiger partial charge in [-0.15, -0.1) is 0 Å². The molecule has 0 amide bonds. The molecule has 2 heteroatoms. The molecular formula is C11H15NO. The Balaban J connectivity index is 2.38. The lowest BCUT2D eigenvalue weighted by Gasteiger charge is -2.15. The zero-order chi connectivity index (χ0) is 9.42. The summed E-state index contributed by atoms with van der Waals surface area (Å²) in [6, 6.07) is 6.09. The van der Waals surface area contributed by atoms with E-state index in [4.69, 9.17) is 0 Å². The minimum atomic E-state index is 0.366. The summed E-state index contributed by atoms with van der Waals surface area (Å²) >= 11 is 0. The lowest BCUT2D eigenvalue weighted by molar-refractivity contribution is 0.441. The number of fused-ring (bicyclic) bond motifs is 1. The SMILES string of the molecule is CC(C)C1NCc2cc(O)ccc21. The van der Waals surface area contributed by atoms with Gasteiger partial charge in [0, 0.05) is 12.6 Å². The molecule has 1 atom stereocenters. The second-order valence-electron chi connectivity index (χ2n) is 3.99. The molecule has 70 valence electrons. The van der Waals surface area contributed by atoms with Crippen LogP contribution >= 0.6 is 0 Å². The predicted molar refractivity (Wildman–Crippen MR) is 52.5 cm³/mol. The highest BCUT2D eigenvalue weighted by Gasteiger charge is 2.24. The van der Waals surface area contributed by atoms with Gasteiger partial charge in [0.05, 0.1) is 0 Å². The van der Waals surface area contributed by atoms with Crippen LogP contribution in [0.3, 0.4) is 0 Å². The smallest absolute Gasteiger partial charge is 0.115 e. The molecule has 0 spiro atoms. The fraction of sp³-hybridized carbons (Fsp3) is 0.455. The van der Waals surface area contributed by atoms with Gasteiger partial charge < -0.3 is 10.4 Å². The van der Waals surface area contributed by atoms with Crippen LogP contribution in [0.1, 0.15) is 31.0 Å². The topological polar surface area (TPSA) is 32.3 Å². The Kier molecular flexibility index (Phi) is 2.00. The first-order valence-corrected chi connectivity index (χ1v) is 4.73. The molecule has 0 radical (unpaired) electrons. The third-order valence-electron chi connectivity index (χ3n) is 2.64. The molecular weight excluding hydrogens is 162 g/mol.